The fourth-order valence-electron chi connectivity index (χ4n) is 2.80. The SMILES string of the molecule is CCCCCCCC(C#N)c1ccc(-c2ccccc2)cc1. The summed E-state index contributed by atoms with van der Waals surface area (Å²) in [4.78, 5) is 0. The molecule has 1 atom stereocenters. The number of nitriles is 1. The number of hydrogen-bond acceptors (Lipinski definition) is 1. The Kier molecular flexibility index (Phi) is 6.71. The Balaban J connectivity index is 1.95. The molecule has 1 unspecified atom stereocenters. The van der Waals surface area contributed by atoms with E-state index in [0.717, 1.165) is 18.4 Å². The lowest BCUT2D eigenvalue weighted by Gasteiger charge is -2.10. The summed E-state index contributed by atoms with van der Waals surface area (Å²) in [5, 5.41) is 9.42. The first-order chi connectivity index (χ1) is 10.8. The molecule has 0 heterocycles. The summed E-state index contributed by atoms with van der Waals surface area (Å²) < 4.78 is 0. The van der Waals surface area contributed by atoms with Gasteiger partial charge in [-0.1, -0.05) is 93.6 Å². The molecule has 0 N–H and O–H groups in total. The standard InChI is InChI=1S/C21H25N/c1-2-3-4-5-7-12-21(17-22)20-15-13-19(14-16-20)18-10-8-6-9-11-18/h6,8-11,13-16,21H,2-5,7,12H2,1H3. The maximum Gasteiger partial charge on any atom is 0.0712 e. The van der Waals surface area contributed by atoms with Crippen molar-refractivity contribution in [2.24, 2.45) is 0 Å². The molecular formula is C21H25N. The lowest BCUT2D eigenvalue weighted by Crippen LogP contribution is -1.96. The number of benzene rings is 2. The van der Waals surface area contributed by atoms with Gasteiger partial charge >= 0.3 is 0 Å². The van der Waals surface area contributed by atoms with Gasteiger partial charge in [0.15, 0.2) is 0 Å². The molecule has 114 valence electrons. The van der Waals surface area contributed by atoms with Crippen LogP contribution in [0.15, 0.2) is 54.6 Å². The third-order valence-electron chi connectivity index (χ3n) is 4.17. The fourth-order valence-corrected chi connectivity index (χ4v) is 2.80. The molecule has 2 aromatic rings. The van der Waals surface area contributed by atoms with E-state index >= 15 is 0 Å². The van der Waals surface area contributed by atoms with E-state index in [9.17, 15) is 5.26 Å². The van der Waals surface area contributed by atoms with Gasteiger partial charge in [0.1, 0.15) is 0 Å². The summed E-state index contributed by atoms with van der Waals surface area (Å²) in [7, 11) is 0. The maximum atomic E-state index is 9.42. The van der Waals surface area contributed by atoms with Crippen LogP contribution in [0.5, 0.6) is 0 Å². The Bertz CT molecular complexity index is 578. The highest BCUT2D eigenvalue weighted by molar-refractivity contribution is 5.63. The van der Waals surface area contributed by atoms with Gasteiger partial charge in [0.2, 0.25) is 0 Å². The number of nitrogens with zero attached hydrogens (tertiary/aromatic N) is 1. The van der Waals surface area contributed by atoms with Crippen molar-refractivity contribution in [1.82, 2.24) is 0 Å². The van der Waals surface area contributed by atoms with Crippen LogP contribution in [0.25, 0.3) is 11.1 Å². The van der Waals surface area contributed by atoms with Gasteiger partial charge in [-0.25, -0.2) is 0 Å². The van der Waals surface area contributed by atoms with Gasteiger partial charge < -0.3 is 0 Å². The van der Waals surface area contributed by atoms with Gasteiger partial charge in [-0.3, -0.25) is 0 Å². The van der Waals surface area contributed by atoms with Crippen molar-refractivity contribution in [3.63, 3.8) is 0 Å². The van der Waals surface area contributed by atoms with Crippen LogP contribution in [0.4, 0.5) is 0 Å². The summed E-state index contributed by atoms with van der Waals surface area (Å²) in [6.45, 7) is 2.23. The van der Waals surface area contributed by atoms with Crippen LogP contribution in [0.3, 0.4) is 0 Å². The molecule has 0 aromatic heterocycles. The zero-order valence-electron chi connectivity index (χ0n) is 13.5. The zero-order chi connectivity index (χ0) is 15.6. The monoisotopic (exact) mass is 291 g/mol. The molecule has 0 saturated heterocycles. The quantitative estimate of drug-likeness (QED) is 0.522. The smallest absolute Gasteiger partial charge is 0.0712 e. The maximum absolute atomic E-state index is 9.42. The molecule has 1 heteroatoms. The largest absolute Gasteiger partial charge is 0.198 e. The Morgan fingerprint density at radius 1 is 0.818 bits per heavy atom. The molecule has 0 aliphatic rings. The number of hydrogen-bond donors (Lipinski definition) is 0. The molecule has 0 bridgehead atoms. The van der Waals surface area contributed by atoms with Crippen LogP contribution in [-0.4, -0.2) is 0 Å². The van der Waals surface area contributed by atoms with Crippen molar-refractivity contribution in [1.29, 1.82) is 5.26 Å². The van der Waals surface area contributed by atoms with E-state index in [-0.39, 0.29) is 5.92 Å². The first kappa shape index (κ1) is 16.3. The molecule has 0 aliphatic heterocycles. The molecular weight excluding hydrogens is 266 g/mol. The van der Waals surface area contributed by atoms with E-state index in [1.807, 2.05) is 6.07 Å². The fraction of sp³-hybridized carbons (Fsp3) is 0.381. The van der Waals surface area contributed by atoms with Crippen LogP contribution in [0.2, 0.25) is 0 Å². The highest BCUT2D eigenvalue weighted by Crippen LogP contribution is 2.25. The predicted molar refractivity (Wildman–Crippen MR) is 93.6 cm³/mol. The molecule has 1 nitrogen and oxygen atoms in total. The van der Waals surface area contributed by atoms with Gasteiger partial charge in [0, 0.05) is 0 Å². The second kappa shape index (κ2) is 9.05. The lowest BCUT2D eigenvalue weighted by atomic mass is 9.92. The minimum Gasteiger partial charge on any atom is -0.198 e. The van der Waals surface area contributed by atoms with E-state index in [1.54, 1.807) is 0 Å². The van der Waals surface area contributed by atoms with E-state index in [1.165, 1.54) is 36.8 Å². The van der Waals surface area contributed by atoms with Gasteiger partial charge in [-0.2, -0.15) is 5.26 Å². The molecule has 2 aromatic carbocycles. The molecule has 0 aliphatic carbocycles. The van der Waals surface area contributed by atoms with Gasteiger partial charge in [-0.05, 0) is 23.1 Å². The third-order valence-corrected chi connectivity index (χ3v) is 4.17. The average molecular weight is 291 g/mol. The summed E-state index contributed by atoms with van der Waals surface area (Å²) >= 11 is 0. The Hall–Kier alpha value is -2.07. The van der Waals surface area contributed by atoms with E-state index in [2.05, 4.69) is 61.5 Å². The Morgan fingerprint density at radius 3 is 2.09 bits per heavy atom. The van der Waals surface area contributed by atoms with Crippen LogP contribution >= 0.6 is 0 Å². The summed E-state index contributed by atoms with van der Waals surface area (Å²) in [5.41, 5.74) is 3.59. The molecule has 0 radical (unpaired) electrons. The molecule has 0 amide bonds. The molecule has 0 spiro atoms. The topological polar surface area (TPSA) is 23.8 Å². The first-order valence-corrected chi connectivity index (χ1v) is 8.40. The normalized spacial score (nSPS) is 11.8. The van der Waals surface area contributed by atoms with Crippen molar-refractivity contribution in [2.45, 2.75) is 51.4 Å². The highest BCUT2D eigenvalue weighted by atomic mass is 14.3. The molecule has 2 rings (SSSR count). The second-order valence-corrected chi connectivity index (χ2v) is 5.87. The van der Waals surface area contributed by atoms with Crippen molar-refractivity contribution in [3.05, 3.63) is 60.2 Å². The number of unbranched alkanes of at least 4 members (excludes halogenated alkanes) is 4. The summed E-state index contributed by atoms with van der Waals surface area (Å²) in [5.74, 6) is 0.0337. The minimum atomic E-state index is 0.0337. The highest BCUT2D eigenvalue weighted by Gasteiger charge is 2.10. The Morgan fingerprint density at radius 2 is 1.45 bits per heavy atom. The van der Waals surface area contributed by atoms with Crippen molar-refractivity contribution in [3.8, 4) is 17.2 Å². The van der Waals surface area contributed by atoms with Gasteiger partial charge in [0.05, 0.1) is 12.0 Å². The van der Waals surface area contributed by atoms with Crippen LogP contribution in [-0.2, 0) is 0 Å². The average Bonchev–Trinajstić information content (AvgIpc) is 2.59. The van der Waals surface area contributed by atoms with Gasteiger partial charge in [0.25, 0.3) is 0 Å². The molecule has 22 heavy (non-hydrogen) atoms. The van der Waals surface area contributed by atoms with Crippen molar-refractivity contribution < 1.29 is 0 Å². The Labute approximate surface area is 134 Å². The lowest BCUT2D eigenvalue weighted by molar-refractivity contribution is 0.589. The zero-order valence-corrected chi connectivity index (χ0v) is 13.5. The molecule has 0 saturated carbocycles. The summed E-state index contributed by atoms with van der Waals surface area (Å²) in [6.07, 6.45) is 7.24. The van der Waals surface area contributed by atoms with Crippen LogP contribution in [0, 0.1) is 11.3 Å². The van der Waals surface area contributed by atoms with Crippen molar-refractivity contribution in [2.75, 3.05) is 0 Å². The van der Waals surface area contributed by atoms with E-state index < -0.39 is 0 Å². The predicted octanol–water partition coefficient (Wildman–Crippen LogP) is 6.32. The number of rotatable bonds is 8. The summed E-state index contributed by atoms with van der Waals surface area (Å²) in [6, 6.07) is 21.3. The van der Waals surface area contributed by atoms with Gasteiger partial charge in [-0.15, -0.1) is 0 Å². The van der Waals surface area contributed by atoms with E-state index in [0.29, 0.717) is 0 Å². The van der Waals surface area contributed by atoms with E-state index in [4.69, 9.17) is 0 Å². The van der Waals surface area contributed by atoms with Crippen LogP contribution < -0.4 is 0 Å². The second-order valence-electron chi connectivity index (χ2n) is 5.87. The third kappa shape index (κ3) is 4.74. The van der Waals surface area contributed by atoms with Crippen LogP contribution in [0.1, 0.15) is 56.9 Å². The minimum absolute atomic E-state index is 0.0337. The first-order valence-electron chi connectivity index (χ1n) is 8.40. The van der Waals surface area contributed by atoms with Crippen molar-refractivity contribution >= 4 is 0 Å². The molecule has 0 fully saturated rings.